The van der Waals surface area contributed by atoms with Crippen LogP contribution in [0, 0.1) is 29.4 Å². The highest BCUT2D eigenvalue weighted by Gasteiger charge is 2.35. The van der Waals surface area contributed by atoms with Gasteiger partial charge in [-0.25, -0.2) is 23.8 Å². The van der Waals surface area contributed by atoms with Crippen LogP contribution >= 0.6 is 0 Å². The molecule has 3 aliphatic rings. The van der Waals surface area contributed by atoms with Gasteiger partial charge in [-0.2, -0.15) is 5.10 Å². The number of hydrogen-bond acceptors (Lipinski definition) is 7. The summed E-state index contributed by atoms with van der Waals surface area (Å²) in [4.78, 5) is 26.6. The highest BCUT2D eigenvalue weighted by molar-refractivity contribution is 5.82. The van der Waals surface area contributed by atoms with Crippen LogP contribution in [0.25, 0.3) is 0 Å². The third-order valence-corrected chi connectivity index (χ3v) is 6.72. The van der Waals surface area contributed by atoms with E-state index in [4.69, 9.17) is 4.74 Å². The summed E-state index contributed by atoms with van der Waals surface area (Å²) in [5.41, 5.74) is 1.08. The Morgan fingerprint density at radius 1 is 1.08 bits per heavy atom. The largest absolute Gasteiger partial charge is 0.379 e. The number of benzene rings is 1. The minimum atomic E-state index is -0.661. The van der Waals surface area contributed by atoms with Crippen LogP contribution in [0.1, 0.15) is 36.6 Å². The fourth-order valence-corrected chi connectivity index (χ4v) is 4.76. The van der Waals surface area contributed by atoms with Crippen molar-refractivity contribution in [2.45, 2.75) is 25.3 Å². The second-order valence-electron chi connectivity index (χ2n) is 9.13. The molecule has 36 heavy (non-hydrogen) atoms. The Balaban J connectivity index is 1.18. The van der Waals surface area contributed by atoms with Crippen molar-refractivity contribution in [3.8, 4) is 11.8 Å². The fraction of sp³-hybridized carbons (Fsp3) is 0.462. The summed E-state index contributed by atoms with van der Waals surface area (Å²) in [6.07, 6.45) is 5.00. The molecule has 0 aliphatic carbocycles. The van der Waals surface area contributed by atoms with E-state index < -0.39 is 17.7 Å². The second-order valence-corrected chi connectivity index (χ2v) is 9.13. The first-order chi connectivity index (χ1) is 17.6. The smallest absolute Gasteiger partial charge is 0.246 e. The van der Waals surface area contributed by atoms with Crippen LogP contribution < -0.4 is 4.90 Å². The molecule has 3 aliphatic heterocycles. The van der Waals surface area contributed by atoms with E-state index in [1.165, 1.54) is 17.1 Å². The molecule has 1 unspecified atom stereocenters. The number of aromatic nitrogens is 2. The number of morpholine rings is 1. The quantitative estimate of drug-likeness (QED) is 0.609. The van der Waals surface area contributed by atoms with E-state index >= 15 is 0 Å². The molecule has 1 amide bonds. The van der Waals surface area contributed by atoms with Crippen LogP contribution in [-0.2, 0) is 9.53 Å². The molecule has 4 heterocycles. The molecular weight excluding hydrogens is 466 g/mol. The van der Waals surface area contributed by atoms with Crippen LogP contribution in [0.2, 0.25) is 0 Å². The molecule has 0 radical (unpaired) electrons. The highest BCUT2D eigenvalue weighted by Crippen LogP contribution is 2.33. The summed E-state index contributed by atoms with van der Waals surface area (Å²) in [5.74, 6) is 5.23. The molecule has 2 aromatic rings. The first kappa shape index (κ1) is 24.3. The zero-order chi connectivity index (χ0) is 24.9. The number of ether oxygens (including phenoxy) is 1. The third kappa shape index (κ3) is 5.69. The van der Waals surface area contributed by atoms with Gasteiger partial charge in [0.25, 0.3) is 0 Å². The van der Waals surface area contributed by atoms with Crippen molar-refractivity contribution in [3.05, 3.63) is 53.4 Å². The average molecular weight is 495 g/mol. The van der Waals surface area contributed by atoms with Gasteiger partial charge in [-0.05, 0) is 42.5 Å². The van der Waals surface area contributed by atoms with Crippen molar-refractivity contribution in [3.63, 3.8) is 0 Å². The third-order valence-electron chi connectivity index (χ3n) is 6.72. The van der Waals surface area contributed by atoms with Gasteiger partial charge in [0.1, 0.15) is 17.3 Å². The maximum absolute atomic E-state index is 13.7. The van der Waals surface area contributed by atoms with Gasteiger partial charge in [0, 0.05) is 57.0 Å². The van der Waals surface area contributed by atoms with Crippen LogP contribution in [0.15, 0.2) is 35.6 Å². The normalized spacial score (nSPS) is 20.9. The molecule has 2 saturated heterocycles. The SMILES string of the molecule is O=C(C1CCN(c2nccc(C#CCN3CCOCC3)n2)CC1)N1N=CCC1c1cc(F)cc(F)c1. The molecule has 0 bridgehead atoms. The van der Waals surface area contributed by atoms with Crippen molar-refractivity contribution in [1.29, 1.82) is 0 Å². The number of carbonyl (C=O) groups excluding carboxylic acids is 1. The molecule has 5 rings (SSSR count). The van der Waals surface area contributed by atoms with Crippen LogP contribution in [0.4, 0.5) is 14.7 Å². The number of amides is 1. The number of piperidine rings is 1. The molecule has 1 aromatic heterocycles. The Hall–Kier alpha value is -3.42. The molecule has 0 saturated carbocycles. The number of hydrogen-bond donors (Lipinski definition) is 0. The van der Waals surface area contributed by atoms with Gasteiger partial charge in [0.2, 0.25) is 11.9 Å². The predicted octanol–water partition coefficient (Wildman–Crippen LogP) is 2.61. The van der Waals surface area contributed by atoms with Gasteiger partial charge in [-0.15, -0.1) is 0 Å². The Kier molecular flexibility index (Phi) is 7.49. The number of halogens is 2. The lowest BCUT2D eigenvalue weighted by molar-refractivity contribution is -0.138. The van der Waals surface area contributed by atoms with E-state index in [1.54, 1.807) is 18.5 Å². The van der Waals surface area contributed by atoms with Gasteiger partial charge in [0.15, 0.2) is 0 Å². The molecule has 0 spiro atoms. The lowest BCUT2D eigenvalue weighted by Crippen LogP contribution is -2.41. The number of carbonyl (C=O) groups is 1. The zero-order valence-electron chi connectivity index (χ0n) is 19.9. The van der Waals surface area contributed by atoms with E-state index in [0.29, 0.717) is 56.1 Å². The lowest BCUT2D eigenvalue weighted by Gasteiger charge is -2.33. The minimum absolute atomic E-state index is 0.123. The van der Waals surface area contributed by atoms with E-state index in [2.05, 4.69) is 36.7 Å². The van der Waals surface area contributed by atoms with Gasteiger partial charge >= 0.3 is 0 Å². The van der Waals surface area contributed by atoms with Gasteiger partial charge in [0.05, 0.1) is 25.8 Å². The number of anilines is 1. The average Bonchev–Trinajstić information content (AvgIpc) is 3.39. The van der Waals surface area contributed by atoms with Crippen molar-refractivity contribution >= 4 is 18.1 Å². The molecule has 2 fully saturated rings. The first-order valence-corrected chi connectivity index (χ1v) is 12.3. The minimum Gasteiger partial charge on any atom is -0.379 e. The van der Waals surface area contributed by atoms with Gasteiger partial charge in [-0.1, -0.05) is 5.92 Å². The van der Waals surface area contributed by atoms with E-state index in [-0.39, 0.29) is 11.8 Å². The monoisotopic (exact) mass is 494 g/mol. The Morgan fingerprint density at radius 2 is 1.83 bits per heavy atom. The molecular formula is C26H28F2N6O2. The Morgan fingerprint density at radius 3 is 2.58 bits per heavy atom. The predicted molar refractivity (Wildman–Crippen MR) is 130 cm³/mol. The van der Waals surface area contributed by atoms with Crippen LogP contribution in [-0.4, -0.2) is 77.9 Å². The Bertz CT molecular complexity index is 1160. The summed E-state index contributed by atoms with van der Waals surface area (Å²) >= 11 is 0. The van der Waals surface area contributed by atoms with Crippen LogP contribution in [0.5, 0.6) is 0 Å². The van der Waals surface area contributed by atoms with E-state index in [9.17, 15) is 13.6 Å². The zero-order valence-corrected chi connectivity index (χ0v) is 19.9. The Labute approximate surface area is 208 Å². The van der Waals surface area contributed by atoms with Gasteiger partial charge in [-0.3, -0.25) is 9.69 Å². The first-order valence-electron chi connectivity index (χ1n) is 12.3. The number of nitrogens with zero attached hydrogens (tertiary/aromatic N) is 6. The number of hydrazone groups is 1. The summed E-state index contributed by atoms with van der Waals surface area (Å²) in [6.45, 7) is 5.19. The fourth-order valence-electron chi connectivity index (χ4n) is 4.76. The molecule has 1 atom stereocenters. The summed E-state index contributed by atoms with van der Waals surface area (Å²) < 4.78 is 32.8. The maximum Gasteiger partial charge on any atom is 0.246 e. The standard InChI is InChI=1S/C26H28F2N6O2/c27-21-16-20(17-22(28)18-21)24-4-8-30-34(24)25(35)19-5-10-33(11-6-19)26-29-7-3-23(31-26)2-1-9-32-12-14-36-15-13-32/h3,7-8,16-19,24H,4-6,9-15H2. The maximum atomic E-state index is 13.7. The summed E-state index contributed by atoms with van der Waals surface area (Å²) in [5, 5.41) is 5.61. The molecule has 1 aromatic carbocycles. The summed E-state index contributed by atoms with van der Waals surface area (Å²) in [7, 11) is 0. The summed E-state index contributed by atoms with van der Waals surface area (Å²) in [6, 6.07) is 4.66. The van der Waals surface area contributed by atoms with Crippen molar-refractivity contribution in [2.75, 3.05) is 50.8 Å². The van der Waals surface area contributed by atoms with Crippen LogP contribution in [0.3, 0.4) is 0 Å². The van der Waals surface area contributed by atoms with Crippen molar-refractivity contribution in [1.82, 2.24) is 19.9 Å². The van der Waals surface area contributed by atoms with Gasteiger partial charge < -0.3 is 9.64 Å². The molecule has 10 heteroatoms. The number of rotatable bonds is 4. The van der Waals surface area contributed by atoms with Crippen molar-refractivity contribution in [2.24, 2.45) is 11.0 Å². The lowest BCUT2D eigenvalue weighted by atomic mass is 9.94. The van der Waals surface area contributed by atoms with E-state index in [1.807, 2.05) is 0 Å². The van der Waals surface area contributed by atoms with E-state index in [0.717, 1.165) is 32.4 Å². The molecule has 8 nitrogen and oxygen atoms in total. The molecule has 0 N–H and O–H groups in total. The second kappa shape index (κ2) is 11.1. The molecule has 188 valence electrons. The topological polar surface area (TPSA) is 74.2 Å². The van der Waals surface area contributed by atoms with Crippen molar-refractivity contribution < 1.29 is 18.3 Å². The highest BCUT2D eigenvalue weighted by atomic mass is 19.1.